The van der Waals surface area contributed by atoms with Crippen molar-refractivity contribution in [1.82, 2.24) is 0 Å². The molecule has 0 aliphatic rings. The number of amides is 2. The SMILES string of the molecule is CC(C)(O)c1ccc(S(N)(=O)=NC(N)=O)cc1. The Bertz CT molecular complexity index is 537. The molecule has 1 atom stereocenters. The second-order valence-corrected chi connectivity index (χ2v) is 5.87. The van der Waals surface area contributed by atoms with E-state index < -0.39 is 21.5 Å². The number of hydrogen-bond acceptors (Lipinski definition) is 3. The molecule has 0 heterocycles. The zero-order chi connectivity index (χ0) is 13.3. The monoisotopic (exact) mass is 257 g/mol. The molecule has 7 heteroatoms. The number of rotatable bonds is 2. The van der Waals surface area contributed by atoms with Crippen LogP contribution in [0.15, 0.2) is 33.5 Å². The summed E-state index contributed by atoms with van der Waals surface area (Å²) in [6.07, 6.45) is 0. The van der Waals surface area contributed by atoms with Crippen molar-refractivity contribution in [3.8, 4) is 0 Å². The van der Waals surface area contributed by atoms with Crippen LogP contribution in [-0.4, -0.2) is 15.3 Å². The number of carbonyl (C=O) groups is 1. The molecule has 0 aromatic heterocycles. The number of benzene rings is 1. The molecule has 1 aromatic carbocycles. The Morgan fingerprint density at radius 3 is 2.18 bits per heavy atom. The van der Waals surface area contributed by atoms with Crippen LogP contribution in [0.5, 0.6) is 0 Å². The third-order valence-electron chi connectivity index (χ3n) is 2.12. The van der Waals surface area contributed by atoms with Gasteiger partial charge in [0, 0.05) is 0 Å². The molecule has 0 spiro atoms. The minimum Gasteiger partial charge on any atom is -0.386 e. The van der Waals surface area contributed by atoms with Crippen molar-refractivity contribution in [2.45, 2.75) is 24.3 Å². The van der Waals surface area contributed by atoms with Crippen molar-refractivity contribution in [2.75, 3.05) is 0 Å². The van der Waals surface area contributed by atoms with Crippen LogP contribution < -0.4 is 10.9 Å². The van der Waals surface area contributed by atoms with Crippen molar-refractivity contribution in [3.63, 3.8) is 0 Å². The van der Waals surface area contributed by atoms with Crippen LogP contribution in [0.2, 0.25) is 0 Å². The highest BCUT2D eigenvalue weighted by Gasteiger charge is 2.16. The zero-order valence-electron chi connectivity index (χ0n) is 9.58. The van der Waals surface area contributed by atoms with Crippen LogP contribution in [0.3, 0.4) is 0 Å². The molecule has 0 radical (unpaired) electrons. The first kappa shape index (κ1) is 13.6. The van der Waals surface area contributed by atoms with E-state index in [2.05, 4.69) is 4.36 Å². The molecule has 0 fully saturated rings. The average molecular weight is 257 g/mol. The Morgan fingerprint density at radius 2 is 1.82 bits per heavy atom. The van der Waals surface area contributed by atoms with Crippen LogP contribution >= 0.6 is 0 Å². The lowest BCUT2D eigenvalue weighted by Crippen LogP contribution is -2.19. The van der Waals surface area contributed by atoms with E-state index in [-0.39, 0.29) is 4.90 Å². The molecule has 6 nitrogen and oxygen atoms in total. The maximum atomic E-state index is 11.8. The van der Waals surface area contributed by atoms with Gasteiger partial charge in [0.25, 0.3) is 0 Å². The normalized spacial score (nSPS) is 15.1. The first-order valence-corrected chi connectivity index (χ1v) is 6.38. The summed E-state index contributed by atoms with van der Waals surface area (Å²) in [5.74, 6) is 0. The molecule has 0 saturated carbocycles. The van der Waals surface area contributed by atoms with E-state index in [0.717, 1.165) is 0 Å². The van der Waals surface area contributed by atoms with Crippen molar-refractivity contribution in [3.05, 3.63) is 29.8 Å². The first-order chi connectivity index (χ1) is 7.63. The number of primary amides is 1. The highest BCUT2D eigenvalue weighted by atomic mass is 32.2. The topological polar surface area (TPSA) is 119 Å². The molecule has 94 valence electrons. The Hall–Kier alpha value is -1.44. The molecule has 0 bridgehead atoms. The third kappa shape index (κ3) is 3.52. The molecule has 17 heavy (non-hydrogen) atoms. The van der Waals surface area contributed by atoms with E-state index in [4.69, 9.17) is 10.9 Å². The van der Waals surface area contributed by atoms with Gasteiger partial charge < -0.3 is 10.8 Å². The zero-order valence-corrected chi connectivity index (χ0v) is 10.4. The largest absolute Gasteiger partial charge is 0.386 e. The van der Waals surface area contributed by atoms with Crippen molar-refractivity contribution in [1.29, 1.82) is 0 Å². The number of hydrogen-bond donors (Lipinski definition) is 3. The summed E-state index contributed by atoms with van der Waals surface area (Å²) in [5.41, 5.74) is 4.44. The lowest BCUT2D eigenvalue weighted by Gasteiger charge is -2.17. The highest BCUT2D eigenvalue weighted by Crippen LogP contribution is 2.21. The van der Waals surface area contributed by atoms with E-state index in [0.29, 0.717) is 5.56 Å². The Kier molecular flexibility index (Phi) is 3.56. The molecule has 5 N–H and O–H groups in total. The van der Waals surface area contributed by atoms with Gasteiger partial charge in [-0.3, -0.25) is 0 Å². The maximum absolute atomic E-state index is 11.8. The Labute approximate surface area is 99.9 Å². The average Bonchev–Trinajstić information content (AvgIpc) is 2.14. The van der Waals surface area contributed by atoms with Gasteiger partial charge in [-0.15, -0.1) is 4.36 Å². The lowest BCUT2D eigenvalue weighted by molar-refractivity contribution is 0.0785. The summed E-state index contributed by atoms with van der Waals surface area (Å²) in [5, 5.41) is 15.1. The Balaban J connectivity index is 3.21. The third-order valence-corrected chi connectivity index (χ3v) is 3.52. The van der Waals surface area contributed by atoms with Gasteiger partial charge in [0.2, 0.25) is 0 Å². The summed E-state index contributed by atoms with van der Waals surface area (Å²) in [6, 6.07) is 4.95. The summed E-state index contributed by atoms with van der Waals surface area (Å²) >= 11 is 0. The quantitative estimate of drug-likeness (QED) is 0.723. The molecular formula is C10H15N3O3S. The smallest absolute Gasteiger partial charge is 0.347 e. The summed E-state index contributed by atoms with van der Waals surface area (Å²) in [7, 11) is -3.30. The molecular weight excluding hydrogens is 242 g/mol. The molecule has 1 rings (SSSR count). The first-order valence-electron chi connectivity index (χ1n) is 4.80. The number of aliphatic hydroxyl groups is 1. The lowest BCUT2D eigenvalue weighted by atomic mass is 9.99. The molecule has 2 amide bonds. The molecule has 1 unspecified atom stereocenters. The van der Waals surface area contributed by atoms with E-state index in [1.54, 1.807) is 26.0 Å². The van der Waals surface area contributed by atoms with E-state index >= 15 is 0 Å². The van der Waals surface area contributed by atoms with E-state index in [1.165, 1.54) is 12.1 Å². The van der Waals surface area contributed by atoms with Crippen LogP contribution in [0.1, 0.15) is 19.4 Å². The standard InChI is InChI=1S/C10H15N3O3S/c1-10(2,15)7-3-5-8(6-4-7)17(12,16)13-9(11)14/h3-6,15H,1-2H3,(H4,11,12,13,14,16). The molecule has 0 aliphatic heterocycles. The van der Waals surface area contributed by atoms with Gasteiger partial charge in [-0.1, -0.05) is 12.1 Å². The fourth-order valence-electron chi connectivity index (χ4n) is 1.24. The predicted molar refractivity (Wildman–Crippen MR) is 64.3 cm³/mol. The summed E-state index contributed by atoms with van der Waals surface area (Å²) in [6.45, 7) is 3.24. The Morgan fingerprint density at radius 1 is 1.35 bits per heavy atom. The van der Waals surface area contributed by atoms with Gasteiger partial charge in [0.05, 0.1) is 10.5 Å². The minimum atomic E-state index is -3.30. The minimum absolute atomic E-state index is 0.185. The van der Waals surface area contributed by atoms with Crippen LogP contribution in [0.4, 0.5) is 4.79 Å². The fraction of sp³-hybridized carbons (Fsp3) is 0.300. The summed E-state index contributed by atoms with van der Waals surface area (Å²) < 4.78 is 15.0. The van der Waals surface area contributed by atoms with Crippen LogP contribution in [0.25, 0.3) is 0 Å². The summed E-state index contributed by atoms with van der Waals surface area (Å²) in [4.78, 5) is 10.8. The predicted octanol–water partition coefficient (Wildman–Crippen LogP) is 0.693. The number of nitrogens with two attached hydrogens (primary N) is 2. The molecule has 0 saturated heterocycles. The van der Waals surface area contributed by atoms with Gasteiger partial charge in [0.1, 0.15) is 9.92 Å². The number of urea groups is 1. The van der Waals surface area contributed by atoms with E-state index in [9.17, 15) is 14.1 Å². The van der Waals surface area contributed by atoms with Crippen molar-refractivity contribution >= 4 is 15.9 Å². The van der Waals surface area contributed by atoms with Crippen LogP contribution in [-0.2, 0) is 15.5 Å². The second kappa shape index (κ2) is 4.44. The number of nitrogens with zero attached hydrogens (tertiary/aromatic N) is 1. The van der Waals surface area contributed by atoms with Gasteiger partial charge in [-0.05, 0) is 31.5 Å². The van der Waals surface area contributed by atoms with Gasteiger partial charge in [0.15, 0.2) is 0 Å². The van der Waals surface area contributed by atoms with Gasteiger partial charge in [-0.25, -0.2) is 14.1 Å². The van der Waals surface area contributed by atoms with E-state index in [1.807, 2.05) is 0 Å². The highest BCUT2D eigenvalue weighted by molar-refractivity contribution is 7.91. The van der Waals surface area contributed by atoms with Gasteiger partial charge >= 0.3 is 6.03 Å². The van der Waals surface area contributed by atoms with Crippen molar-refractivity contribution < 1.29 is 14.1 Å². The van der Waals surface area contributed by atoms with Gasteiger partial charge in [-0.2, -0.15) is 0 Å². The second-order valence-electron chi connectivity index (χ2n) is 4.08. The fourth-order valence-corrected chi connectivity index (χ4v) is 2.14. The maximum Gasteiger partial charge on any atom is 0.347 e. The number of carbonyl (C=O) groups excluding carboxylic acids is 1. The van der Waals surface area contributed by atoms with Crippen LogP contribution in [0, 0.1) is 0 Å². The molecule has 1 aromatic rings. The van der Waals surface area contributed by atoms with Crippen molar-refractivity contribution in [2.24, 2.45) is 15.2 Å². The molecule has 0 aliphatic carbocycles.